The van der Waals surface area contributed by atoms with Gasteiger partial charge in [0, 0.05) is 30.9 Å². The summed E-state index contributed by atoms with van der Waals surface area (Å²) >= 11 is 0. The first-order chi connectivity index (χ1) is 18.2. The summed E-state index contributed by atoms with van der Waals surface area (Å²) in [6.07, 6.45) is 0.308. The van der Waals surface area contributed by atoms with E-state index >= 15 is 0 Å². The molecule has 3 saturated heterocycles. The molecule has 0 spiro atoms. The van der Waals surface area contributed by atoms with E-state index in [0.717, 1.165) is 0 Å². The van der Waals surface area contributed by atoms with Crippen LogP contribution in [0.2, 0.25) is 0 Å². The average Bonchev–Trinajstić information content (AvgIpc) is 3.47. The molecule has 2 aromatic rings. The molecule has 5 rings (SSSR count). The van der Waals surface area contributed by atoms with Crippen molar-refractivity contribution in [3.8, 4) is 5.88 Å². The van der Waals surface area contributed by atoms with Crippen molar-refractivity contribution >= 4 is 18.0 Å². The number of rotatable bonds is 6. The molecule has 2 N–H and O–H groups in total. The standard InChI is InChI=1S/C27H34N4O7/c1-27(2,3)20-13-17(10-12-31(20)26(33)34)29-25-28-11-9-21(30-25)37-18-14-35-23-19(15-36-22(18)23)38-24(32)16-7-5-4-6-8-16/h4-9,11,17-20,22-23H,10,12-15H2,1-3H3,(H,33,34)(H,28,29,30)/t17?,18-,19-,20?,22+,23+/m0/s1. The number of carbonyl (C=O) groups is 2. The zero-order valence-corrected chi connectivity index (χ0v) is 21.8. The Bertz CT molecular complexity index is 1140. The van der Waals surface area contributed by atoms with Gasteiger partial charge in [0.25, 0.3) is 0 Å². The number of nitrogens with zero attached hydrogens (tertiary/aromatic N) is 3. The maximum Gasteiger partial charge on any atom is 0.407 e. The fourth-order valence-corrected chi connectivity index (χ4v) is 5.37. The van der Waals surface area contributed by atoms with Crippen LogP contribution in [0.5, 0.6) is 5.88 Å². The fourth-order valence-electron chi connectivity index (χ4n) is 5.37. The van der Waals surface area contributed by atoms with Gasteiger partial charge in [-0.3, -0.25) is 0 Å². The number of anilines is 1. The third kappa shape index (κ3) is 5.68. The lowest BCUT2D eigenvalue weighted by atomic mass is 9.79. The second kappa shape index (κ2) is 10.7. The Balaban J connectivity index is 1.18. The molecule has 11 heteroatoms. The molecule has 0 aliphatic carbocycles. The van der Waals surface area contributed by atoms with Gasteiger partial charge in [0.05, 0.1) is 18.8 Å². The molecule has 38 heavy (non-hydrogen) atoms. The molecule has 0 saturated carbocycles. The van der Waals surface area contributed by atoms with Crippen molar-refractivity contribution in [3.63, 3.8) is 0 Å². The van der Waals surface area contributed by atoms with E-state index in [-0.39, 0.29) is 36.8 Å². The molecule has 204 valence electrons. The van der Waals surface area contributed by atoms with Crippen molar-refractivity contribution in [2.24, 2.45) is 5.41 Å². The number of fused-ring (bicyclic) bond motifs is 1. The Morgan fingerprint density at radius 3 is 2.50 bits per heavy atom. The topological polar surface area (TPSA) is 132 Å². The minimum Gasteiger partial charge on any atom is -0.469 e. The van der Waals surface area contributed by atoms with Gasteiger partial charge in [-0.2, -0.15) is 4.98 Å². The van der Waals surface area contributed by atoms with Crippen molar-refractivity contribution in [1.29, 1.82) is 0 Å². The zero-order valence-electron chi connectivity index (χ0n) is 21.8. The van der Waals surface area contributed by atoms with Gasteiger partial charge in [-0.05, 0) is 30.4 Å². The predicted molar refractivity (Wildman–Crippen MR) is 136 cm³/mol. The van der Waals surface area contributed by atoms with Crippen LogP contribution in [0, 0.1) is 5.41 Å². The van der Waals surface area contributed by atoms with E-state index in [4.69, 9.17) is 18.9 Å². The Morgan fingerprint density at radius 2 is 1.79 bits per heavy atom. The minimum atomic E-state index is -0.890. The molecule has 3 aliphatic heterocycles. The van der Waals surface area contributed by atoms with E-state index in [1.165, 1.54) is 4.90 Å². The molecule has 2 unspecified atom stereocenters. The van der Waals surface area contributed by atoms with Crippen LogP contribution in [0.1, 0.15) is 44.0 Å². The van der Waals surface area contributed by atoms with Crippen molar-refractivity contribution < 1.29 is 33.6 Å². The van der Waals surface area contributed by atoms with Crippen LogP contribution in [-0.2, 0) is 14.2 Å². The van der Waals surface area contributed by atoms with Gasteiger partial charge in [-0.25, -0.2) is 14.6 Å². The van der Waals surface area contributed by atoms with Crippen LogP contribution < -0.4 is 10.1 Å². The quantitative estimate of drug-likeness (QED) is 0.541. The van der Waals surface area contributed by atoms with Crippen molar-refractivity contribution in [2.45, 2.75) is 70.1 Å². The normalized spacial score (nSPS) is 29.0. The number of nitrogens with one attached hydrogen (secondary N) is 1. The van der Waals surface area contributed by atoms with E-state index < -0.39 is 30.4 Å². The highest BCUT2D eigenvalue weighted by atomic mass is 16.7. The van der Waals surface area contributed by atoms with Crippen molar-refractivity contribution in [2.75, 3.05) is 25.1 Å². The van der Waals surface area contributed by atoms with E-state index in [1.807, 2.05) is 6.07 Å². The number of esters is 1. The first kappa shape index (κ1) is 26.2. The van der Waals surface area contributed by atoms with Crippen molar-refractivity contribution in [1.82, 2.24) is 14.9 Å². The van der Waals surface area contributed by atoms with Crippen LogP contribution in [0.3, 0.4) is 0 Å². The third-order valence-corrected chi connectivity index (χ3v) is 7.31. The second-order valence-corrected chi connectivity index (χ2v) is 11.0. The van der Waals surface area contributed by atoms with Crippen LogP contribution in [0.25, 0.3) is 0 Å². The van der Waals surface area contributed by atoms with Crippen LogP contribution in [0.15, 0.2) is 42.6 Å². The Morgan fingerprint density at radius 1 is 1.08 bits per heavy atom. The monoisotopic (exact) mass is 526 g/mol. The maximum atomic E-state index is 12.5. The molecule has 1 aromatic heterocycles. The van der Waals surface area contributed by atoms with Gasteiger partial charge in [0.1, 0.15) is 12.2 Å². The molecule has 0 radical (unpaired) electrons. The number of piperidine rings is 1. The predicted octanol–water partition coefficient (Wildman–Crippen LogP) is 3.22. The highest BCUT2D eigenvalue weighted by Gasteiger charge is 2.51. The summed E-state index contributed by atoms with van der Waals surface area (Å²) in [5.74, 6) is 0.379. The van der Waals surface area contributed by atoms with E-state index in [2.05, 4.69) is 36.1 Å². The number of carbonyl (C=O) groups excluding carboxylic acids is 1. The van der Waals surface area contributed by atoms with Crippen molar-refractivity contribution in [3.05, 3.63) is 48.2 Å². The van der Waals surface area contributed by atoms with Gasteiger partial charge < -0.3 is 34.3 Å². The number of benzene rings is 1. The van der Waals surface area contributed by atoms with Gasteiger partial charge in [0.2, 0.25) is 11.8 Å². The zero-order chi connectivity index (χ0) is 26.9. The summed E-state index contributed by atoms with van der Waals surface area (Å²) < 4.78 is 23.6. The van der Waals surface area contributed by atoms with Crippen LogP contribution in [-0.4, -0.2) is 88.3 Å². The molecule has 1 aromatic carbocycles. The lowest BCUT2D eigenvalue weighted by Gasteiger charge is -2.44. The SMILES string of the molecule is CC(C)(C)C1CC(Nc2nccc(O[C@H]3CO[C@H]4[C@@H]3OC[C@@H]4OC(=O)c3ccccc3)n2)CCN1C(=O)O. The summed E-state index contributed by atoms with van der Waals surface area (Å²) in [6, 6.07) is 10.4. The number of hydrogen-bond donors (Lipinski definition) is 2. The molecule has 3 fully saturated rings. The minimum absolute atomic E-state index is 0.0301. The van der Waals surface area contributed by atoms with Gasteiger partial charge in [0.15, 0.2) is 12.2 Å². The molecule has 1 amide bonds. The molecule has 0 bridgehead atoms. The van der Waals surface area contributed by atoms with E-state index in [9.17, 15) is 14.7 Å². The van der Waals surface area contributed by atoms with Crippen LogP contribution >= 0.6 is 0 Å². The lowest BCUT2D eigenvalue weighted by Crippen LogP contribution is -2.54. The van der Waals surface area contributed by atoms with E-state index in [0.29, 0.717) is 36.8 Å². The smallest absolute Gasteiger partial charge is 0.407 e. The number of hydrogen-bond acceptors (Lipinski definition) is 9. The molecule has 11 nitrogen and oxygen atoms in total. The lowest BCUT2D eigenvalue weighted by molar-refractivity contribution is -0.0192. The molecule has 6 atom stereocenters. The average molecular weight is 527 g/mol. The second-order valence-electron chi connectivity index (χ2n) is 11.0. The summed E-state index contributed by atoms with van der Waals surface area (Å²) in [7, 11) is 0. The summed E-state index contributed by atoms with van der Waals surface area (Å²) in [4.78, 5) is 34.6. The van der Waals surface area contributed by atoms with Gasteiger partial charge in [-0.15, -0.1) is 0 Å². The van der Waals surface area contributed by atoms with Crippen LogP contribution in [0.4, 0.5) is 10.7 Å². The molecular formula is C27H34N4O7. The summed E-state index contributed by atoms with van der Waals surface area (Å²) in [5, 5.41) is 13.0. The Kier molecular flexibility index (Phi) is 7.40. The Hall–Kier alpha value is -3.44. The third-order valence-electron chi connectivity index (χ3n) is 7.31. The highest BCUT2D eigenvalue weighted by Crippen LogP contribution is 2.34. The van der Waals surface area contributed by atoms with Gasteiger partial charge in [-0.1, -0.05) is 39.0 Å². The number of amides is 1. The molecular weight excluding hydrogens is 492 g/mol. The number of aromatic nitrogens is 2. The largest absolute Gasteiger partial charge is 0.469 e. The molecule has 3 aliphatic rings. The number of carboxylic acid groups (broad SMARTS) is 1. The first-order valence-electron chi connectivity index (χ1n) is 12.9. The van der Waals surface area contributed by atoms with E-state index in [1.54, 1.807) is 36.5 Å². The van der Waals surface area contributed by atoms with Gasteiger partial charge >= 0.3 is 12.1 Å². The fraction of sp³-hybridized carbons (Fsp3) is 0.556. The Labute approximate surface area is 221 Å². The number of ether oxygens (including phenoxy) is 4. The summed E-state index contributed by atoms with van der Waals surface area (Å²) in [5.41, 5.74) is 0.281. The maximum absolute atomic E-state index is 12.5. The first-order valence-corrected chi connectivity index (χ1v) is 12.9. The highest BCUT2D eigenvalue weighted by molar-refractivity contribution is 5.89. The molecule has 4 heterocycles. The summed E-state index contributed by atoms with van der Waals surface area (Å²) in [6.45, 7) is 7.11. The number of likely N-dealkylation sites (tertiary alicyclic amines) is 1.